The highest BCUT2D eigenvalue weighted by atomic mass is 32.1. The summed E-state index contributed by atoms with van der Waals surface area (Å²) in [5.41, 5.74) is 7.11. The Bertz CT molecular complexity index is 458. The topological polar surface area (TPSA) is 41.7 Å². The Balaban J connectivity index is 2.20. The number of thiocarbonyl (C=S) groups is 1. The second-order valence-corrected chi connectivity index (χ2v) is 5.62. The summed E-state index contributed by atoms with van der Waals surface area (Å²) in [6.07, 6.45) is 0. The molecule has 0 bridgehead atoms. The van der Waals surface area contributed by atoms with Crippen LogP contribution in [0.5, 0.6) is 5.75 Å². The maximum absolute atomic E-state index is 5.99. The first-order valence-corrected chi connectivity index (χ1v) is 7.47. The van der Waals surface area contributed by atoms with E-state index in [-0.39, 0.29) is 6.04 Å². The van der Waals surface area contributed by atoms with E-state index in [1.54, 1.807) is 0 Å². The van der Waals surface area contributed by atoms with Gasteiger partial charge in [0.25, 0.3) is 0 Å². The molecule has 2 rings (SSSR count). The number of likely N-dealkylation sites (N-methyl/N-ethyl adjacent to an activating group) is 1. The Kier molecular flexibility index (Phi) is 5.34. The number of benzene rings is 1. The zero-order chi connectivity index (χ0) is 14.5. The molecular formula is C15H23N3OS. The van der Waals surface area contributed by atoms with Gasteiger partial charge in [0.2, 0.25) is 0 Å². The fourth-order valence-corrected chi connectivity index (χ4v) is 2.86. The molecule has 0 aliphatic carbocycles. The number of rotatable bonds is 5. The molecule has 1 unspecified atom stereocenters. The Morgan fingerprint density at radius 2 is 2.05 bits per heavy atom. The van der Waals surface area contributed by atoms with Crippen LogP contribution in [0.1, 0.15) is 18.5 Å². The molecule has 1 aliphatic rings. The average molecular weight is 293 g/mol. The van der Waals surface area contributed by atoms with Crippen molar-refractivity contribution in [2.75, 3.05) is 39.8 Å². The number of nitrogens with zero attached hydrogens (tertiary/aromatic N) is 2. The smallest absolute Gasteiger partial charge is 0.119 e. The van der Waals surface area contributed by atoms with Gasteiger partial charge in [0, 0.05) is 26.2 Å². The second kappa shape index (κ2) is 7.02. The van der Waals surface area contributed by atoms with Crippen molar-refractivity contribution < 1.29 is 4.74 Å². The monoisotopic (exact) mass is 293 g/mol. The molecule has 0 aromatic heterocycles. The summed E-state index contributed by atoms with van der Waals surface area (Å²) in [6, 6.07) is 8.09. The molecule has 5 heteroatoms. The number of hydrogen-bond acceptors (Lipinski definition) is 4. The lowest BCUT2D eigenvalue weighted by Gasteiger charge is -2.37. The van der Waals surface area contributed by atoms with Gasteiger partial charge in [0.15, 0.2) is 0 Å². The van der Waals surface area contributed by atoms with Crippen LogP contribution in [0.4, 0.5) is 0 Å². The van der Waals surface area contributed by atoms with Crippen LogP contribution < -0.4 is 10.5 Å². The van der Waals surface area contributed by atoms with Crippen LogP contribution >= 0.6 is 12.2 Å². The summed E-state index contributed by atoms with van der Waals surface area (Å²) in [5.74, 6) is 0.875. The van der Waals surface area contributed by atoms with E-state index in [2.05, 4.69) is 22.9 Å². The first kappa shape index (κ1) is 15.2. The minimum atomic E-state index is -0.000828. The van der Waals surface area contributed by atoms with Crippen LogP contribution in [0.2, 0.25) is 0 Å². The average Bonchev–Trinajstić information content (AvgIpc) is 2.42. The molecule has 0 spiro atoms. The number of nitrogens with two attached hydrogens (primary N) is 1. The van der Waals surface area contributed by atoms with Crippen molar-refractivity contribution in [1.82, 2.24) is 9.80 Å². The van der Waals surface area contributed by atoms with E-state index in [9.17, 15) is 0 Å². The van der Waals surface area contributed by atoms with Crippen molar-refractivity contribution in [2.45, 2.75) is 13.0 Å². The molecular weight excluding hydrogens is 270 g/mol. The lowest BCUT2D eigenvalue weighted by molar-refractivity contribution is 0.137. The SMILES string of the molecule is CCOc1cccc(C(C(N)=S)N2CCN(C)CC2)c1. The second-order valence-electron chi connectivity index (χ2n) is 5.15. The molecule has 0 radical (unpaired) electrons. The fraction of sp³-hybridized carbons (Fsp3) is 0.533. The summed E-state index contributed by atoms with van der Waals surface area (Å²) < 4.78 is 5.57. The highest BCUT2D eigenvalue weighted by Crippen LogP contribution is 2.25. The highest BCUT2D eigenvalue weighted by molar-refractivity contribution is 7.80. The molecule has 2 N–H and O–H groups in total. The van der Waals surface area contributed by atoms with Crippen LogP contribution in [0.15, 0.2) is 24.3 Å². The molecule has 20 heavy (non-hydrogen) atoms. The highest BCUT2D eigenvalue weighted by Gasteiger charge is 2.26. The summed E-state index contributed by atoms with van der Waals surface area (Å²) in [4.78, 5) is 5.21. The van der Waals surface area contributed by atoms with Gasteiger partial charge < -0.3 is 15.4 Å². The maximum Gasteiger partial charge on any atom is 0.119 e. The van der Waals surface area contributed by atoms with Gasteiger partial charge in [0.1, 0.15) is 5.75 Å². The van der Waals surface area contributed by atoms with E-state index in [1.807, 2.05) is 25.1 Å². The van der Waals surface area contributed by atoms with Crippen LogP contribution in [0, 0.1) is 0 Å². The molecule has 1 aliphatic heterocycles. The minimum absolute atomic E-state index is 0.000828. The van der Waals surface area contributed by atoms with Crippen molar-refractivity contribution in [2.24, 2.45) is 5.73 Å². The van der Waals surface area contributed by atoms with Gasteiger partial charge in [-0.2, -0.15) is 0 Å². The van der Waals surface area contributed by atoms with Crippen LogP contribution in [0.25, 0.3) is 0 Å². The molecule has 1 saturated heterocycles. The Hall–Kier alpha value is -1.17. The van der Waals surface area contributed by atoms with Crippen molar-refractivity contribution in [3.05, 3.63) is 29.8 Å². The van der Waals surface area contributed by atoms with Gasteiger partial charge in [-0.25, -0.2) is 0 Å². The van der Waals surface area contributed by atoms with E-state index < -0.39 is 0 Å². The largest absolute Gasteiger partial charge is 0.494 e. The van der Waals surface area contributed by atoms with Gasteiger partial charge in [-0.15, -0.1) is 0 Å². The minimum Gasteiger partial charge on any atom is -0.494 e. The van der Waals surface area contributed by atoms with Crippen molar-refractivity contribution >= 4 is 17.2 Å². The summed E-state index contributed by atoms with van der Waals surface area (Å²) in [6.45, 7) is 6.71. The standard InChI is InChI=1S/C15H23N3OS/c1-3-19-13-6-4-5-12(11-13)14(15(16)20)18-9-7-17(2)8-10-18/h4-6,11,14H,3,7-10H2,1-2H3,(H2,16,20). The van der Waals surface area contributed by atoms with E-state index in [0.717, 1.165) is 37.5 Å². The normalized spacial score (nSPS) is 18.7. The molecule has 0 saturated carbocycles. The first-order chi connectivity index (χ1) is 9.61. The lowest BCUT2D eigenvalue weighted by atomic mass is 10.0. The predicted octanol–water partition coefficient (Wildman–Crippen LogP) is 1.66. The molecule has 1 heterocycles. The van der Waals surface area contributed by atoms with Gasteiger partial charge in [-0.05, 0) is 31.7 Å². The van der Waals surface area contributed by atoms with Crippen LogP contribution in [-0.4, -0.2) is 54.6 Å². The van der Waals surface area contributed by atoms with E-state index >= 15 is 0 Å². The molecule has 1 atom stereocenters. The first-order valence-electron chi connectivity index (χ1n) is 7.06. The van der Waals surface area contributed by atoms with Gasteiger partial charge >= 0.3 is 0 Å². The molecule has 1 fully saturated rings. The zero-order valence-corrected chi connectivity index (χ0v) is 13.0. The van der Waals surface area contributed by atoms with Crippen LogP contribution in [0.3, 0.4) is 0 Å². The predicted molar refractivity (Wildman–Crippen MR) is 86.2 cm³/mol. The summed E-state index contributed by atoms with van der Waals surface area (Å²) in [7, 11) is 2.14. The lowest BCUT2D eigenvalue weighted by Crippen LogP contribution is -2.48. The molecule has 1 aromatic carbocycles. The third-order valence-electron chi connectivity index (χ3n) is 3.66. The van der Waals surface area contributed by atoms with E-state index in [0.29, 0.717) is 11.6 Å². The van der Waals surface area contributed by atoms with Crippen LogP contribution in [-0.2, 0) is 0 Å². The Morgan fingerprint density at radius 1 is 1.35 bits per heavy atom. The molecule has 1 aromatic rings. The third-order valence-corrected chi connectivity index (χ3v) is 3.88. The Morgan fingerprint density at radius 3 is 2.65 bits per heavy atom. The van der Waals surface area contributed by atoms with Gasteiger partial charge in [0.05, 0.1) is 17.6 Å². The number of hydrogen-bond donors (Lipinski definition) is 1. The molecule has 110 valence electrons. The van der Waals surface area contributed by atoms with Crippen molar-refractivity contribution in [3.63, 3.8) is 0 Å². The molecule has 4 nitrogen and oxygen atoms in total. The van der Waals surface area contributed by atoms with Gasteiger partial charge in [-0.3, -0.25) is 4.90 Å². The molecule has 0 amide bonds. The zero-order valence-electron chi connectivity index (χ0n) is 12.2. The Labute approximate surface area is 126 Å². The number of piperazine rings is 1. The van der Waals surface area contributed by atoms with E-state index in [4.69, 9.17) is 22.7 Å². The summed E-state index contributed by atoms with van der Waals surface area (Å²) >= 11 is 5.30. The fourth-order valence-electron chi connectivity index (χ4n) is 2.58. The number of ether oxygens (including phenoxy) is 1. The van der Waals surface area contributed by atoms with Crippen molar-refractivity contribution in [1.29, 1.82) is 0 Å². The third kappa shape index (κ3) is 3.69. The van der Waals surface area contributed by atoms with E-state index in [1.165, 1.54) is 0 Å². The summed E-state index contributed by atoms with van der Waals surface area (Å²) in [5, 5.41) is 0. The van der Waals surface area contributed by atoms with Crippen molar-refractivity contribution in [3.8, 4) is 5.75 Å². The quantitative estimate of drug-likeness (QED) is 0.836. The maximum atomic E-state index is 5.99. The van der Waals surface area contributed by atoms with Gasteiger partial charge in [-0.1, -0.05) is 24.4 Å².